The van der Waals surface area contributed by atoms with Crippen molar-refractivity contribution in [2.24, 2.45) is 18.9 Å². The van der Waals surface area contributed by atoms with Crippen molar-refractivity contribution in [3.05, 3.63) is 16.0 Å². The van der Waals surface area contributed by atoms with Crippen LogP contribution in [0, 0.1) is 11.8 Å². The summed E-state index contributed by atoms with van der Waals surface area (Å²) in [4.78, 5) is 26.1. The number of likely N-dealkylation sites (tertiary alicyclic amines) is 1. The molecule has 3 heterocycles. The zero-order valence-corrected chi connectivity index (χ0v) is 19.7. The van der Waals surface area contributed by atoms with Crippen LogP contribution in [0.1, 0.15) is 70.9 Å². The molecule has 0 spiro atoms. The van der Waals surface area contributed by atoms with Crippen molar-refractivity contribution in [2.45, 2.75) is 71.6 Å². The van der Waals surface area contributed by atoms with Crippen LogP contribution >= 0.6 is 0 Å². The fourth-order valence-electron chi connectivity index (χ4n) is 5.52. The molecule has 0 radical (unpaired) electrons. The minimum absolute atomic E-state index is 0.0631. The van der Waals surface area contributed by atoms with E-state index in [-0.39, 0.29) is 5.56 Å². The van der Waals surface area contributed by atoms with Crippen molar-refractivity contribution < 1.29 is 0 Å². The topological polar surface area (TPSA) is 70.1 Å². The van der Waals surface area contributed by atoms with E-state index in [1.165, 1.54) is 58.0 Å². The lowest BCUT2D eigenvalue weighted by atomic mass is 9.88. The highest BCUT2D eigenvalue weighted by molar-refractivity contribution is 5.77. The molecule has 2 aromatic rings. The quantitative estimate of drug-likeness (QED) is 0.694. The molecule has 4 rings (SSSR count). The summed E-state index contributed by atoms with van der Waals surface area (Å²) in [7, 11) is 1.85. The van der Waals surface area contributed by atoms with Crippen molar-refractivity contribution >= 4 is 17.0 Å². The van der Waals surface area contributed by atoms with Gasteiger partial charge in [-0.3, -0.25) is 14.5 Å². The molecule has 0 atom stereocenters. The number of hydrogen-bond donors (Lipinski definition) is 1. The van der Waals surface area contributed by atoms with Gasteiger partial charge in [0.05, 0.1) is 5.69 Å². The maximum atomic E-state index is 13.0. The molecule has 0 amide bonds. The molecule has 2 aliphatic rings. The number of fused-ring (bicyclic) bond motifs is 1. The first-order chi connectivity index (χ1) is 15.1. The number of H-pyrrole nitrogens is 1. The van der Waals surface area contributed by atoms with Gasteiger partial charge in [-0.05, 0) is 63.6 Å². The largest absolute Gasteiger partial charge is 0.342 e. The Hall–Kier alpha value is -1.89. The zero-order valence-electron chi connectivity index (χ0n) is 19.7. The second-order valence-corrected chi connectivity index (χ2v) is 9.69. The van der Waals surface area contributed by atoms with Crippen molar-refractivity contribution in [1.29, 1.82) is 0 Å². The minimum atomic E-state index is -0.0631. The van der Waals surface area contributed by atoms with Crippen LogP contribution in [0.25, 0.3) is 11.0 Å². The summed E-state index contributed by atoms with van der Waals surface area (Å²) in [6.45, 7) is 9.91. The molecule has 2 fully saturated rings. The van der Waals surface area contributed by atoms with Crippen LogP contribution in [0.4, 0.5) is 5.95 Å². The Morgan fingerprint density at radius 2 is 1.71 bits per heavy atom. The molecule has 1 saturated carbocycles. The van der Waals surface area contributed by atoms with Crippen LogP contribution in [0.15, 0.2) is 4.79 Å². The van der Waals surface area contributed by atoms with E-state index in [0.717, 1.165) is 49.6 Å². The van der Waals surface area contributed by atoms with Crippen LogP contribution in [-0.4, -0.2) is 57.4 Å². The van der Waals surface area contributed by atoms with Gasteiger partial charge in [0.1, 0.15) is 5.52 Å². The normalized spacial score (nSPS) is 19.3. The Labute approximate surface area is 186 Å². The van der Waals surface area contributed by atoms with Crippen LogP contribution in [0.2, 0.25) is 0 Å². The SMILES string of the molecule is CCCc1nn(C)c2c(=O)[nH]c(N(CC3CCCCC3)CC3CCN(CC)CC3)nc12. The maximum Gasteiger partial charge on any atom is 0.278 e. The van der Waals surface area contributed by atoms with E-state index in [2.05, 4.69) is 33.7 Å². The summed E-state index contributed by atoms with van der Waals surface area (Å²) in [5.41, 5.74) is 2.27. The lowest BCUT2D eigenvalue weighted by Gasteiger charge is -2.36. The molecule has 31 heavy (non-hydrogen) atoms. The summed E-state index contributed by atoms with van der Waals surface area (Å²) >= 11 is 0. The van der Waals surface area contributed by atoms with Gasteiger partial charge < -0.3 is 9.80 Å². The van der Waals surface area contributed by atoms with Gasteiger partial charge in [-0.15, -0.1) is 0 Å². The number of aromatic nitrogens is 4. The highest BCUT2D eigenvalue weighted by Crippen LogP contribution is 2.28. The maximum absolute atomic E-state index is 13.0. The molecule has 1 aliphatic heterocycles. The van der Waals surface area contributed by atoms with E-state index in [9.17, 15) is 4.79 Å². The molecule has 2 aromatic heterocycles. The Morgan fingerprint density at radius 3 is 2.35 bits per heavy atom. The highest BCUT2D eigenvalue weighted by atomic mass is 16.1. The lowest BCUT2D eigenvalue weighted by molar-refractivity contribution is 0.192. The third-order valence-electron chi connectivity index (χ3n) is 7.37. The Morgan fingerprint density at radius 1 is 1.03 bits per heavy atom. The van der Waals surface area contributed by atoms with Gasteiger partial charge in [0.2, 0.25) is 5.95 Å². The summed E-state index contributed by atoms with van der Waals surface area (Å²) in [5.74, 6) is 2.12. The summed E-state index contributed by atoms with van der Waals surface area (Å²) in [6, 6.07) is 0. The van der Waals surface area contributed by atoms with Crippen LogP contribution in [-0.2, 0) is 13.5 Å². The molecule has 0 unspecified atom stereocenters. The Bertz CT molecular complexity index is 905. The van der Waals surface area contributed by atoms with E-state index in [1.807, 2.05) is 7.05 Å². The standard InChI is InChI=1S/C24H40N6O/c1-4-9-20-21-22(28(3)27-20)23(31)26-24(25-21)30(16-18-10-7-6-8-11-18)17-19-12-14-29(5-2)15-13-19/h18-19H,4-17H2,1-3H3,(H,25,26,31). The molecule has 7 heteroatoms. The van der Waals surface area contributed by atoms with Crippen molar-refractivity contribution in [3.63, 3.8) is 0 Å². The Balaban J connectivity index is 1.62. The van der Waals surface area contributed by atoms with E-state index >= 15 is 0 Å². The molecular weight excluding hydrogens is 388 g/mol. The van der Waals surface area contributed by atoms with Gasteiger partial charge in [-0.2, -0.15) is 5.10 Å². The fourth-order valence-corrected chi connectivity index (χ4v) is 5.52. The van der Waals surface area contributed by atoms with Gasteiger partial charge in [0, 0.05) is 20.1 Å². The van der Waals surface area contributed by atoms with Crippen molar-refractivity contribution in [3.8, 4) is 0 Å². The van der Waals surface area contributed by atoms with Gasteiger partial charge in [0.15, 0.2) is 5.52 Å². The number of aryl methyl sites for hydroxylation is 2. The third-order valence-corrected chi connectivity index (χ3v) is 7.37. The van der Waals surface area contributed by atoms with Crippen LogP contribution < -0.4 is 10.5 Å². The summed E-state index contributed by atoms with van der Waals surface area (Å²) in [5, 5.41) is 4.60. The van der Waals surface area contributed by atoms with E-state index in [0.29, 0.717) is 17.4 Å². The number of nitrogens with zero attached hydrogens (tertiary/aromatic N) is 5. The summed E-state index contributed by atoms with van der Waals surface area (Å²) in [6.07, 6.45) is 10.9. The third kappa shape index (κ3) is 5.13. The molecule has 1 aliphatic carbocycles. The molecule has 1 N–H and O–H groups in total. The van der Waals surface area contributed by atoms with E-state index < -0.39 is 0 Å². The first-order valence-corrected chi connectivity index (χ1v) is 12.5. The molecule has 0 aromatic carbocycles. The molecular formula is C24H40N6O. The molecule has 1 saturated heterocycles. The van der Waals surface area contributed by atoms with Gasteiger partial charge >= 0.3 is 0 Å². The number of nitrogens with one attached hydrogen (secondary N) is 1. The second kappa shape index (κ2) is 10.2. The lowest BCUT2D eigenvalue weighted by Crippen LogP contribution is -2.41. The monoisotopic (exact) mass is 428 g/mol. The highest BCUT2D eigenvalue weighted by Gasteiger charge is 2.26. The van der Waals surface area contributed by atoms with Gasteiger partial charge in [0.25, 0.3) is 5.56 Å². The molecule has 0 bridgehead atoms. The first-order valence-electron chi connectivity index (χ1n) is 12.5. The average Bonchev–Trinajstić information content (AvgIpc) is 3.10. The van der Waals surface area contributed by atoms with Gasteiger partial charge in [-0.1, -0.05) is 39.5 Å². The predicted octanol–water partition coefficient (Wildman–Crippen LogP) is 3.73. The Kier molecular flexibility index (Phi) is 7.31. The molecule has 172 valence electrons. The summed E-state index contributed by atoms with van der Waals surface area (Å²) < 4.78 is 1.70. The first kappa shape index (κ1) is 22.3. The number of piperidine rings is 1. The van der Waals surface area contributed by atoms with Crippen LogP contribution in [0.5, 0.6) is 0 Å². The van der Waals surface area contributed by atoms with Crippen molar-refractivity contribution in [1.82, 2.24) is 24.6 Å². The minimum Gasteiger partial charge on any atom is -0.342 e. The zero-order chi connectivity index (χ0) is 21.8. The number of hydrogen-bond acceptors (Lipinski definition) is 5. The number of aromatic amines is 1. The number of rotatable bonds is 8. The van der Waals surface area contributed by atoms with E-state index in [4.69, 9.17) is 4.98 Å². The smallest absolute Gasteiger partial charge is 0.278 e. The van der Waals surface area contributed by atoms with Crippen molar-refractivity contribution in [2.75, 3.05) is 37.6 Å². The predicted molar refractivity (Wildman–Crippen MR) is 127 cm³/mol. The van der Waals surface area contributed by atoms with Crippen LogP contribution in [0.3, 0.4) is 0 Å². The molecule has 7 nitrogen and oxygen atoms in total. The van der Waals surface area contributed by atoms with Gasteiger partial charge in [-0.25, -0.2) is 4.98 Å². The average molecular weight is 429 g/mol. The number of anilines is 1. The second-order valence-electron chi connectivity index (χ2n) is 9.69. The van der Waals surface area contributed by atoms with E-state index in [1.54, 1.807) is 4.68 Å². The fraction of sp³-hybridized carbons (Fsp3) is 0.792.